The van der Waals surface area contributed by atoms with Gasteiger partial charge in [0.05, 0.1) is 52.8 Å². The minimum Gasteiger partial charge on any atom is -0.491 e. The summed E-state index contributed by atoms with van der Waals surface area (Å²) in [7, 11) is 0. The number of nitrogens with zero attached hydrogens (tertiary/aromatic N) is 1. The molecule has 4 N–H and O–H groups in total. The van der Waals surface area contributed by atoms with Crippen molar-refractivity contribution in [2.75, 3.05) is 52.9 Å². The van der Waals surface area contributed by atoms with Crippen molar-refractivity contribution in [1.82, 2.24) is 4.90 Å². The summed E-state index contributed by atoms with van der Waals surface area (Å²) in [5, 5.41) is 17.5. The summed E-state index contributed by atoms with van der Waals surface area (Å²) in [6.07, 6.45) is -0.322. The lowest BCUT2D eigenvalue weighted by Gasteiger charge is -2.24. The fourth-order valence-electron chi connectivity index (χ4n) is 3.24. The first-order valence-electron chi connectivity index (χ1n) is 10.4. The number of hydrogen-bond donors (Lipinski definition) is 3. The number of carbonyl (C=O) groups is 3. The third kappa shape index (κ3) is 7.75. The van der Waals surface area contributed by atoms with Crippen LogP contribution >= 0.6 is 0 Å². The second-order valence-corrected chi connectivity index (χ2v) is 6.98. The van der Waals surface area contributed by atoms with Crippen molar-refractivity contribution in [1.29, 1.82) is 0 Å². The first kappa shape index (κ1) is 25.5. The zero-order chi connectivity index (χ0) is 23.3. The molecule has 0 unspecified atom stereocenters. The van der Waals surface area contributed by atoms with Gasteiger partial charge in [-0.05, 0) is 18.6 Å². The molecule has 2 amide bonds. The summed E-state index contributed by atoms with van der Waals surface area (Å²) in [6, 6.07) is 4.04. The largest absolute Gasteiger partial charge is 0.491 e. The zero-order valence-electron chi connectivity index (χ0n) is 17.9. The number of amides is 2. The molecule has 11 heteroatoms. The van der Waals surface area contributed by atoms with E-state index >= 15 is 0 Å². The highest BCUT2D eigenvalue weighted by Gasteiger charge is 2.37. The second kappa shape index (κ2) is 13.6. The van der Waals surface area contributed by atoms with Gasteiger partial charge in [-0.3, -0.25) is 14.4 Å². The summed E-state index contributed by atoms with van der Waals surface area (Å²) in [6.45, 7) is 2.56. The van der Waals surface area contributed by atoms with Gasteiger partial charge in [-0.25, -0.2) is 0 Å². The van der Waals surface area contributed by atoms with E-state index in [2.05, 4.69) is 0 Å². The van der Waals surface area contributed by atoms with E-state index in [1.165, 1.54) is 4.90 Å². The lowest BCUT2D eigenvalue weighted by molar-refractivity contribution is -0.137. The standard InChI is InChI=1S/C21H30N2O9/c22-20(27)17(4-5-19(25)26)23-14-16-15(21(23)28)2-1-3-18(16)32-13-12-31-11-10-30-9-8-29-7-6-24/h1-3,17,24H,4-14H2,(H2,22,27)(H,25,26)/t17-/m0/s1. The summed E-state index contributed by atoms with van der Waals surface area (Å²) >= 11 is 0. The number of primary amides is 1. The average molecular weight is 454 g/mol. The number of carbonyl (C=O) groups excluding carboxylic acids is 2. The Morgan fingerprint density at radius 1 is 1.03 bits per heavy atom. The lowest BCUT2D eigenvalue weighted by Crippen LogP contribution is -2.45. The molecule has 178 valence electrons. The molecular weight excluding hydrogens is 424 g/mol. The van der Waals surface area contributed by atoms with E-state index in [9.17, 15) is 14.4 Å². The van der Waals surface area contributed by atoms with Crippen LogP contribution < -0.4 is 10.5 Å². The summed E-state index contributed by atoms with van der Waals surface area (Å²) in [4.78, 5) is 36.7. The van der Waals surface area contributed by atoms with Gasteiger partial charge in [-0.2, -0.15) is 0 Å². The molecule has 11 nitrogen and oxygen atoms in total. The normalized spacial score (nSPS) is 13.8. The van der Waals surface area contributed by atoms with Crippen LogP contribution in [0.25, 0.3) is 0 Å². The highest BCUT2D eigenvalue weighted by Crippen LogP contribution is 2.32. The number of nitrogens with two attached hydrogens (primary N) is 1. The minimum atomic E-state index is -1.06. The van der Waals surface area contributed by atoms with Crippen LogP contribution in [0.5, 0.6) is 5.75 Å². The van der Waals surface area contributed by atoms with Crippen molar-refractivity contribution in [3.63, 3.8) is 0 Å². The summed E-state index contributed by atoms with van der Waals surface area (Å²) < 4.78 is 21.6. The maximum Gasteiger partial charge on any atom is 0.303 e. The van der Waals surface area contributed by atoms with Crippen LogP contribution in [0, 0.1) is 0 Å². The molecule has 1 aromatic rings. The first-order chi connectivity index (χ1) is 15.5. The van der Waals surface area contributed by atoms with Gasteiger partial charge in [0, 0.05) is 17.5 Å². The second-order valence-electron chi connectivity index (χ2n) is 6.98. The number of carboxylic acids is 1. The molecule has 0 saturated heterocycles. The molecule has 2 rings (SSSR count). The Morgan fingerprint density at radius 3 is 2.25 bits per heavy atom. The fourth-order valence-corrected chi connectivity index (χ4v) is 3.24. The number of carboxylic acid groups (broad SMARTS) is 1. The van der Waals surface area contributed by atoms with E-state index in [0.29, 0.717) is 49.9 Å². The van der Waals surface area contributed by atoms with Gasteiger partial charge < -0.3 is 39.8 Å². The predicted octanol–water partition coefficient (Wildman–Crippen LogP) is -0.218. The molecule has 0 aliphatic carbocycles. The third-order valence-corrected chi connectivity index (χ3v) is 4.75. The van der Waals surface area contributed by atoms with Crippen molar-refractivity contribution in [3.8, 4) is 5.75 Å². The van der Waals surface area contributed by atoms with Crippen LogP contribution in [0.4, 0.5) is 0 Å². The maximum absolute atomic E-state index is 12.8. The van der Waals surface area contributed by atoms with Gasteiger partial charge in [0.1, 0.15) is 18.4 Å². The van der Waals surface area contributed by atoms with Crippen molar-refractivity contribution >= 4 is 17.8 Å². The van der Waals surface area contributed by atoms with E-state index in [1.54, 1.807) is 18.2 Å². The smallest absolute Gasteiger partial charge is 0.303 e. The van der Waals surface area contributed by atoms with E-state index in [0.717, 1.165) is 0 Å². The SMILES string of the molecule is NC(=O)[C@H](CCC(=O)O)N1Cc2c(OCCOCCOCCOCCO)cccc2C1=O. The summed E-state index contributed by atoms with van der Waals surface area (Å²) in [5.41, 5.74) is 6.45. The monoisotopic (exact) mass is 454 g/mol. The van der Waals surface area contributed by atoms with Gasteiger partial charge >= 0.3 is 5.97 Å². The van der Waals surface area contributed by atoms with Gasteiger partial charge in [-0.15, -0.1) is 0 Å². The minimum absolute atomic E-state index is 0.0175. The maximum atomic E-state index is 12.8. The average Bonchev–Trinajstić information content (AvgIpc) is 3.09. The quantitative estimate of drug-likeness (QED) is 0.271. The molecule has 0 saturated carbocycles. The number of aliphatic hydroxyl groups is 1. The van der Waals surface area contributed by atoms with Crippen molar-refractivity contribution in [2.45, 2.75) is 25.4 Å². The van der Waals surface area contributed by atoms with Crippen LogP contribution in [0.2, 0.25) is 0 Å². The van der Waals surface area contributed by atoms with Gasteiger partial charge in [0.15, 0.2) is 0 Å². The number of fused-ring (bicyclic) bond motifs is 1. The van der Waals surface area contributed by atoms with Crippen molar-refractivity contribution in [3.05, 3.63) is 29.3 Å². The number of ether oxygens (including phenoxy) is 4. The van der Waals surface area contributed by atoms with Gasteiger partial charge in [0.25, 0.3) is 5.91 Å². The predicted molar refractivity (Wildman–Crippen MR) is 111 cm³/mol. The van der Waals surface area contributed by atoms with E-state index in [4.69, 9.17) is 34.9 Å². The molecule has 1 aliphatic heterocycles. The van der Waals surface area contributed by atoms with Crippen LogP contribution in [0.15, 0.2) is 18.2 Å². The van der Waals surface area contributed by atoms with E-state index in [1.807, 2.05) is 0 Å². The molecule has 0 spiro atoms. The molecule has 1 heterocycles. The molecule has 1 aliphatic rings. The van der Waals surface area contributed by atoms with Gasteiger partial charge in [-0.1, -0.05) is 6.07 Å². The van der Waals surface area contributed by atoms with Gasteiger partial charge in [0.2, 0.25) is 5.91 Å². The molecule has 0 fully saturated rings. The highest BCUT2D eigenvalue weighted by atomic mass is 16.6. The zero-order valence-corrected chi connectivity index (χ0v) is 17.9. The highest BCUT2D eigenvalue weighted by molar-refractivity contribution is 6.01. The van der Waals surface area contributed by atoms with Crippen molar-refractivity contribution < 1.29 is 43.5 Å². The molecule has 1 atom stereocenters. The fraction of sp³-hybridized carbons (Fsp3) is 0.571. The Bertz CT molecular complexity index is 772. The number of benzene rings is 1. The summed E-state index contributed by atoms with van der Waals surface area (Å²) in [5.74, 6) is -1.69. The molecule has 0 aromatic heterocycles. The van der Waals surface area contributed by atoms with Crippen LogP contribution in [-0.4, -0.2) is 91.8 Å². The Labute approximate surface area is 186 Å². The third-order valence-electron chi connectivity index (χ3n) is 4.75. The Hall–Kier alpha value is -2.73. The molecule has 0 bridgehead atoms. The first-order valence-corrected chi connectivity index (χ1v) is 10.4. The van der Waals surface area contributed by atoms with Crippen LogP contribution in [0.3, 0.4) is 0 Å². The Morgan fingerprint density at radius 2 is 1.66 bits per heavy atom. The number of rotatable bonds is 17. The number of aliphatic hydroxyl groups excluding tert-OH is 1. The lowest BCUT2D eigenvalue weighted by atomic mass is 10.1. The van der Waals surface area contributed by atoms with Crippen LogP contribution in [-0.2, 0) is 30.3 Å². The Balaban J connectivity index is 1.79. The molecular formula is C21H30N2O9. The van der Waals surface area contributed by atoms with E-state index in [-0.39, 0.29) is 45.1 Å². The number of aliphatic carboxylic acids is 1. The topological polar surface area (TPSA) is 158 Å². The Kier molecular flexibility index (Phi) is 10.9. The van der Waals surface area contributed by atoms with Crippen LogP contribution in [0.1, 0.15) is 28.8 Å². The van der Waals surface area contributed by atoms with E-state index < -0.39 is 17.9 Å². The molecule has 1 aromatic carbocycles. The number of hydrogen-bond acceptors (Lipinski definition) is 8. The van der Waals surface area contributed by atoms with Crippen molar-refractivity contribution in [2.24, 2.45) is 5.73 Å². The molecule has 32 heavy (non-hydrogen) atoms. The molecule has 0 radical (unpaired) electrons.